The molecule has 0 aliphatic heterocycles. The molecule has 1 unspecified atom stereocenters. The molecular weight excluding hydrogens is 562 g/mol. The topological polar surface area (TPSA) is 121 Å². The first-order valence-electron chi connectivity index (χ1n) is 12.7. The fourth-order valence-corrected chi connectivity index (χ4v) is 5.59. The number of benzene rings is 3. The average Bonchev–Trinajstić information content (AvgIpc) is 2.91. The zero-order valence-corrected chi connectivity index (χ0v) is 23.8. The molecule has 0 aliphatic carbocycles. The molecule has 218 valence electrons. The number of nitrogens with two attached hydrogens (primary N) is 1. The Kier molecular flexibility index (Phi) is 12.7. The second-order valence-corrected chi connectivity index (χ2v) is 11.7. The van der Waals surface area contributed by atoms with Gasteiger partial charge in [-0.05, 0) is 60.2 Å². The number of amides is 1. The Morgan fingerprint density at radius 1 is 0.925 bits per heavy atom. The number of carbonyl (C=O) groups is 1. The molecule has 11 heteroatoms. The maximum Gasteiger partial charge on any atom is 0.251 e. The van der Waals surface area contributed by atoms with Gasteiger partial charge in [-0.3, -0.25) is 4.79 Å². The minimum absolute atomic E-state index is 0. The number of carbonyl (C=O) groups excluding carboxylic acids is 1. The van der Waals surface area contributed by atoms with Gasteiger partial charge in [0.15, 0.2) is 9.84 Å². The highest BCUT2D eigenvalue weighted by atomic mass is 35.5. The molecule has 0 radical (unpaired) electrons. The molecule has 3 aromatic rings. The second kappa shape index (κ2) is 15.2. The number of aryl methyl sites for hydroxylation is 1. The average molecular weight is 597 g/mol. The summed E-state index contributed by atoms with van der Waals surface area (Å²) in [4.78, 5) is 14.6. The molecule has 3 atom stereocenters. The molecule has 0 saturated carbocycles. The number of halogens is 3. The van der Waals surface area contributed by atoms with Gasteiger partial charge < -0.3 is 20.8 Å². The van der Waals surface area contributed by atoms with Crippen LogP contribution in [0.25, 0.3) is 0 Å². The number of hydrogen-bond donors (Lipinski definition) is 3. The Hall–Kier alpha value is -2.89. The van der Waals surface area contributed by atoms with Crippen molar-refractivity contribution in [1.29, 1.82) is 0 Å². The highest BCUT2D eigenvalue weighted by Crippen LogP contribution is 2.17. The first kappa shape index (κ1) is 33.3. The molecule has 40 heavy (non-hydrogen) atoms. The summed E-state index contributed by atoms with van der Waals surface area (Å²) >= 11 is 0. The van der Waals surface area contributed by atoms with Crippen molar-refractivity contribution in [2.24, 2.45) is 5.73 Å². The summed E-state index contributed by atoms with van der Waals surface area (Å²) in [6, 6.07) is 17.2. The third-order valence-corrected chi connectivity index (χ3v) is 8.19. The molecular formula is C29H35ClF2N2O5S. The van der Waals surface area contributed by atoms with Crippen molar-refractivity contribution in [1.82, 2.24) is 4.90 Å². The van der Waals surface area contributed by atoms with Crippen molar-refractivity contribution >= 4 is 28.2 Å². The van der Waals surface area contributed by atoms with Crippen molar-refractivity contribution in [2.45, 2.75) is 55.9 Å². The van der Waals surface area contributed by atoms with Crippen molar-refractivity contribution in [3.8, 4) is 0 Å². The number of rotatable bonds is 13. The van der Waals surface area contributed by atoms with Crippen molar-refractivity contribution in [3.63, 3.8) is 0 Å². The largest absolute Gasteiger partial charge is 0.390 e. The minimum Gasteiger partial charge on any atom is -0.390 e. The molecule has 3 rings (SSSR count). The smallest absolute Gasteiger partial charge is 0.251 e. The molecule has 0 saturated heterocycles. The molecule has 1 amide bonds. The molecule has 0 bridgehead atoms. The summed E-state index contributed by atoms with van der Waals surface area (Å²) in [5.74, 6) is -2.75. The Labute approximate surface area is 240 Å². The molecule has 4 N–H and O–H groups in total. The van der Waals surface area contributed by atoms with Crippen LogP contribution < -0.4 is 5.73 Å². The monoisotopic (exact) mass is 596 g/mol. The summed E-state index contributed by atoms with van der Waals surface area (Å²) in [6.07, 6.45) is -2.57. The van der Waals surface area contributed by atoms with E-state index in [9.17, 15) is 32.2 Å². The number of hydrogen-bond acceptors (Lipinski definition) is 6. The lowest BCUT2D eigenvalue weighted by Gasteiger charge is -2.30. The van der Waals surface area contributed by atoms with E-state index < -0.39 is 51.4 Å². The van der Waals surface area contributed by atoms with Crippen LogP contribution in [0.5, 0.6) is 0 Å². The van der Waals surface area contributed by atoms with E-state index >= 15 is 0 Å². The Bertz CT molecular complexity index is 1340. The first-order valence-corrected chi connectivity index (χ1v) is 14.3. The van der Waals surface area contributed by atoms with Crippen molar-refractivity contribution < 1.29 is 32.2 Å². The van der Waals surface area contributed by atoms with Gasteiger partial charge in [0.1, 0.15) is 17.7 Å². The molecule has 0 spiro atoms. The zero-order valence-electron chi connectivity index (χ0n) is 22.1. The van der Waals surface area contributed by atoms with Crippen LogP contribution in [0.3, 0.4) is 0 Å². The minimum atomic E-state index is -3.72. The summed E-state index contributed by atoms with van der Waals surface area (Å²) in [6.45, 7) is 1.74. The van der Waals surface area contributed by atoms with E-state index in [2.05, 4.69) is 0 Å². The zero-order chi connectivity index (χ0) is 28.6. The van der Waals surface area contributed by atoms with Gasteiger partial charge in [-0.15, -0.1) is 12.4 Å². The van der Waals surface area contributed by atoms with Gasteiger partial charge >= 0.3 is 0 Å². The summed E-state index contributed by atoms with van der Waals surface area (Å²) in [7, 11) is -3.72. The molecule has 7 nitrogen and oxygen atoms in total. The van der Waals surface area contributed by atoms with E-state index in [4.69, 9.17) is 5.73 Å². The normalized spacial score (nSPS) is 13.7. The van der Waals surface area contributed by atoms with Gasteiger partial charge in [0.05, 0.1) is 16.8 Å². The Morgan fingerprint density at radius 3 is 2.17 bits per heavy atom. The standard InChI is InChI=1S/C29H34F2N2O5S.ClH/c1-2-20-7-6-8-21(13-20)18-33(19-28(35)26(32)16-22-14-23(30)17-24(31)15-22)29(36)27(34)11-12-39(37,38)25-9-4-3-5-10-25;/h3-10,13-15,17,26-28,34-35H,2,11-12,16,18-19,32H2,1H3;1H/t26-,27?,28+;/m0./s1. The van der Waals surface area contributed by atoms with Gasteiger partial charge in [-0.25, -0.2) is 17.2 Å². The quantitative estimate of drug-likeness (QED) is 0.278. The fraction of sp³-hybridized carbons (Fsp3) is 0.345. The van der Waals surface area contributed by atoms with E-state index in [-0.39, 0.29) is 48.8 Å². The van der Waals surface area contributed by atoms with Crippen LogP contribution in [-0.4, -0.2) is 60.0 Å². The van der Waals surface area contributed by atoms with Crippen LogP contribution in [0.1, 0.15) is 30.0 Å². The highest BCUT2D eigenvalue weighted by Gasteiger charge is 2.28. The third-order valence-electron chi connectivity index (χ3n) is 6.43. The number of aliphatic hydroxyl groups excluding tert-OH is 2. The third kappa shape index (κ3) is 9.64. The van der Waals surface area contributed by atoms with E-state index in [1.807, 2.05) is 25.1 Å². The van der Waals surface area contributed by atoms with Gasteiger partial charge in [0.25, 0.3) is 5.91 Å². The number of sulfone groups is 1. The van der Waals surface area contributed by atoms with Crippen LogP contribution in [0.2, 0.25) is 0 Å². The van der Waals surface area contributed by atoms with E-state index in [0.717, 1.165) is 35.7 Å². The SMILES string of the molecule is CCc1cccc(CN(C[C@@H](O)[C@@H](N)Cc2cc(F)cc(F)c2)C(=O)C(O)CCS(=O)(=O)c2ccccc2)c1.Cl. The summed E-state index contributed by atoms with van der Waals surface area (Å²) in [5.41, 5.74) is 8.14. The van der Waals surface area contributed by atoms with Crippen LogP contribution >= 0.6 is 12.4 Å². The number of aliphatic hydroxyl groups is 2. The predicted molar refractivity (Wildman–Crippen MR) is 152 cm³/mol. The van der Waals surface area contributed by atoms with Crippen LogP contribution in [-0.2, 0) is 34.0 Å². The Morgan fingerprint density at radius 2 is 1.55 bits per heavy atom. The van der Waals surface area contributed by atoms with Gasteiger partial charge in [-0.1, -0.05) is 49.4 Å². The van der Waals surface area contributed by atoms with Gasteiger partial charge in [-0.2, -0.15) is 0 Å². The molecule has 3 aromatic carbocycles. The molecule has 0 aromatic heterocycles. The maximum atomic E-state index is 13.6. The molecule has 0 aliphatic rings. The van der Waals surface area contributed by atoms with E-state index in [1.165, 1.54) is 17.0 Å². The highest BCUT2D eigenvalue weighted by molar-refractivity contribution is 7.91. The molecule has 0 heterocycles. The lowest BCUT2D eigenvalue weighted by atomic mass is 10.0. The lowest BCUT2D eigenvalue weighted by Crippen LogP contribution is -2.49. The van der Waals surface area contributed by atoms with Gasteiger partial charge in [0, 0.05) is 25.2 Å². The summed E-state index contributed by atoms with van der Waals surface area (Å²) in [5, 5.41) is 21.5. The molecule has 0 fully saturated rings. The van der Waals surface area contributed by atoms with Crippen molar-refractivity contribution in [2.75, 3.05) is 12.3 Å². The lowest BCUT2D eigenvalue weighted by molar-refractivity contribution is -0.142. The Balaban J connectivity index is 0.00000560. The maximum absolute atomic E-state index is 13.6. The summed E-state index contributed by atoms with van der Waals surface area (Å²) < 4.78 is 52.4. The van der Waals surface area contributed by atoms with Gasteiger partial charge in [0.2, 0.25) is 0 Å². The van der Waals surface area contributed by atoms with Crippen LogP contribution in [0.4, 0.5) is 8.78 Å². The van der Waals surface area contributed by atoms with Crippen LogP contribution in [0.15, 0.2) is 77.7 Å². The fourth-order valence-electron chi connectivity index (χ4n) is 4.25. The van der Waals surface area contributed by atoms with E-state index in [1.54, 1.807) is 24.3 Å². The van der Waals surface area contributed by atoms with E-state index in [0.29, 0.717) is 0 Å². The second-order valence-electron chi connectivity index (χ2n) is 9.54. The van der Waals surface area contributed by atoms with Crippen molar-refractivity contribution in [3.05, 3.63) is 101 Å². The van der Waals surface area contributed by atoms with Crippen LogP contribution in [0, 0.1) is 11.6 Å². The number of nitrogens with zero attached hydrogens (tertiary/aromatic N) is 1. The first-order chi connectivity index (χ1) is 18.5. The predicted octanol–water partition coefficient (Wildman–Crippen LogP) is 3.43.